The van der Waals surface area contributed by atoms with Crippen molar-refractivity contribution in [3.8, 4) is 17.2 Å². The first-order valence-corrected chi connectivity index (χ1v) is 8.14. The molecule has 0 aromatic heterocycles. The van der Waals surface area contributed by atoms with Crippen LogP contribution in [0.2, 0.25) is 0 Å². The zero-order valence-corrected chi connectivity index (χ0v) is 13.7. The molecule has 126 valence electrons. The number of benzene rings is 1. The standard InChI is InChI=1S/C17H24N2O4/c1-11-4-3-5-19(13(11)10-18)17(20)12-8-14(21-2)16-15(9-12)22-6-7-23-16/h8-9,11,13H,3-7,10,18H2,1-2H3/t11-,13+/m0/s1. The number of rotatable bonds is 3. The maximum atomic E-state index is 13.0. The average molecular weight is 320 g/mol. The molecule has 1 saturated heterocycles. The van der Waals surface area contributed by atoms with Crippen LogP contribution >= 0.6 is 0 Å². The third-order valence-corrected chi connectivity index (χ3v) is 4.69. The molecule has 23 heavy (non-hydrogen) atoms. The number of methoxy groups -OCH3 is 1. The smallest absolute Gasteiger partial charge is 0.254 e. The van der Waals surface area contributed by atoms with Crippen molar-refractivity contribution in [3.05, 3.63) is 17.7 Å². The van der Waals surface area contributed by atoms with E-state index in [2.05, 4.69) is 6.92 Å². The van der Waals surface area contributed by atoms with Crippen molar-refractivity contribution in [2.45, 2.75) is 25.8 Å². The second kappa shape index (κ2) is 6.66. The van der Waals surface area contributed by atoms with E-state index in [1.807, 2.05) is 4.90 Å². The van der Waals surface area contributed by atoms with Gasteiger partial charge in [0.25, 0.3) is 5.91 Å². The number of nitrogens with two attached hydrogens (primary N) is 1. The summed E-state index contributed by atoms with van der Waals surface area (Å²) >= 11 is 0. The summed E-state index contributed by atoms with van der Waals surface area (Å²) in [7, 11) is 1.56. The molecule has 0 unspecified atom stereocenters. The Morgan fingerprint density at radius 1 is 1.39 bits per heavy atom. The van der Waals surface area contributed by atoms with E-state index >= 15 is 0 Å². The quantitative estimate of drug-likeness (QED) is 0.917. The van der Waals surface area contributed by atoms with Crippen LogP contribution in [0.4, 0.5) is 0 Å². The first-order chi connectivity index (χ1) is 11.2. The predicted molar refractivity (Wildman–Crippen MR) is 86.3 cm³/mol. The molecule has 2 N–H and O–H groups in total. The van der Waals surface area contributed by atoms with Gasteiger partial charge in [0.15, 0.2) is 11.5 Å². The average Bonchev–Trinajstić information content (AvgIpc) is 2.59. The van der Waals surface area contributed by atoms with Crippen LogP contribution in [0, 0.1) is 5.92 Å². The van der Waals surface area contributed by atoms with Crippen LogP contribution < -0.4 is 19.9 Å². The summed E-state index contributed by atoms with van der Waals surface area (Å²) in [5, 5.41) is 0. The van der Waals surface area contributed by atoms with Crippen molar-refractivity contribution in [2.75, 3.05) is 33.4 Å². The lowest BCUT2D eigenvalue weighted by molar-refractivity contribution is 0.0531. The van der Waals surface area contributed by atoms with Gasteiger partial charge >= 0.3 is 0 Å². The van der Waals surface area contributed by atoms with Gasteiger partial charge in [-0.25, -0.2) is 0 Å². The van der Waals surface area contributed by atoms with Crippen LogP contribution in [-0.4, -0.2) is 50.3 Å². The Bertz CT molecular complexity index is 573. The highest BCUT2D eigenvalue weighted by molar-refractivity contribution is 5.96. The molecule has 0 radical (unpaired) electrons. The number of nitrogens with zero attached hydrogens (tertiary/aromatic N) is 1. The number of carbonyl (C=O) groups excluding carboxylic acids is 1. The summed E-state index contributed by atoms with van der Waals surface area (Å²) in [6.07, 6.45) is 2.11. The minimum atomic E-state index is -0.0257. The van der Waals surface area contributed by atoms with Gasteiger partial charge in [0.05, 0.1) is 7.11 Å². The second-order valence-electron chi connectivity index (χ2n) is 6.12. The fourth-order valence-corrected chi connectivity index (χ4v) is 3.42. The summed E-state index contributed by atoms with van der Waals surface area (Å²) in [5.41, 5.74) is 6.46. The maximum absolute atomic E-state index is 13.0. The molecule has 0 saturated carbocycles. The second-order valence-corrected chi connectivity index (χ2v) is 6.12. The molecule has 0 aliphatic carbocycles. The lowest BCUT2D eigenvalue weighted by Gasteiger charge is -2.39. The van der Waals surface area contributed by atoms with Crippen molar-refractivity contribution in [3.63, 3.8) is 0 Å². The largest absolute Gasteiger partial charge is 0.493 e. The van der Waals surface area contributed by atoms with Crippen molar-refractivity contribution in [1.29, 1.82) is 0 Å². The molecule has 2 atom stereocenters. The highest BCUT2D eigenvalue weighted by atomic mass is 16.6. The molecule has 1 fully saturated rings. The lowest BCUT2D eigenvalue weighted by atomic mass is 9.90. The highest BCUT2D eigenvalue weighted by Crippen LogP contribution is 2.41. The topological polar surface area (TPSA) is 74.0 Å². The zero-order chi connectivity index (χ0) is 16.4. The van der Waals surface area contributed by atoms with E-state index in [0.717, 1.165) is 19.4 Å². The number of ether oxygens (including phenoxy) is 3. The van der Waals surface area contributed by atoms with Gasteiger partial charge < -0.3 is 24.8 Å². The predicted octanol–water partition coefficient (Wildman–Crippen LogP) is 1.67. The number of hydrogen-bond acceptors (Lipinski definition) is 5. The first-order valence-electron chi connectivity index (χ1n) is 8.14. The van der Waals surface area contributed by atoms with E-state index < -0.39 is 0 Å². The van der Waals surface area contributed by atoms with Crippen LogP contribution in [0.1, 0.15) is 30.1 Å². The van der Waals surface area contributed by atoms with Crippen molar-refractivity contribution in [2.24, 2.45) is 11.7 Å². The summed E-state index contributed by atoms with van der Waals surface area (Å²) in [4.78, 5) is 14.9. The monoisotopic (exact) mass is 320 g/mol. The summed E-state index contributed by atoms with van der Waals surface area (Å²) in [5.74, 6) is 2.05. The third kappa shape index (κ3) is 2.95. The van der Waals surface area contributed by atoms with Gasteiger partial charge in [-0.3, -0.25) is 4.79 Å². The van der Waals surface area contributed by atoms with Crippen LogP contribution in [-0.2, 0) is 0 Å². The molecule has 6 heteroatoms. The number of carbonyl (C=O) groups is 1. The van der Waals surface area contributed by atoms with E-state index in [-0.39, 0.29) is 11.9 Å². The van der Waals surface area contributed by atoms with E-state index in [9.17, 15) is 4.79 Å². The van der Waals surface area contributed by atoms with Crippen LogP contribution in [0.15, 0.2) is 12.1 Å². The summed E-state index contributed by atoms with van der Waals surface area (Å²) in [6.45, 7) is 4.33. The zero-order valence-electron chi connectivity index (χ0n) is 13.7. The van der Waals surface area contributed by atoms with Crippen molar-refractivity contribution in [1.82, 2.24) is 4.90 Å². The molecule has 6 nitrogen and oxygen atoms in total. The molecule has 3 rings (SSSR count). The Hall–Kier alpha value is -1.95. The minimum Gasteiger partial charge on any atom is -0.493 e. The van der Waals surface area contributed by atoms with Crippen LogP contribution in [0.3, 0.4) is 0 Å². The van der Waals surface area contributed by atoms with Crippen molar-refractivity contribution < 1.29 is 19.0 Å². The number of likely N-dealkylation sites (tertiary alicyclic amines) is 1. The van der Waals surface area contributed by atoms with Crippen LogP contribution in [0.5, 0.6) is 17.2 Å². The highest BCUT2D eigenvalue weighted by Gasteiger charge is 2.32. The fraction of sp³-hybridized carbons (Fsp3) is 0.588. The van der Waals surface area contributed by atoms with Gasteiger partial charge in [-0.1, -0.05) is 6.92 Å². The van der Waals surface area contributed by atoms with Gasteiger partial charge in [-0.15, -0.1) is 0 Å². The Labute approximate surface area is 136 Å². The summed E-state index contributed by atoms with van der Waals surface area (Å²) < 4.78 is 16.6. The van der Waals surface area contributed by atoms with E-state index in [4.69, 9.17) is 19.9 Å². The fourth-order valence-electron chi connectivity index (χ4n) is 3.42. The normalized spacial score (nSPS) is 23.5. The number of fused-ring (bicyclic) bond motifs is 1. The third-order valence-electron chi connectivity index (χ3n) is 4.69. The lowest BCUT2D eigenvalue weighted by Crippen LogP contribution is -2.51. The maximum Gasteiger partial charge on any atom is 0.254 e. The first kappa shape index (κ1) is 15.9. The number of piperidine rings is 1. The minimum absolute atomic E-state index is 0.0257. The molecule has 2 aliphatic heterocycles. The SMILES string of the molecule is COc1cc(C(=O)N2CCC[C@H](C)[C@H]2CN)cc2c1OCCO2. The molecule has 0 bridgehead atoms. The van der Waals surface area contributed by atoms with Gasteiger partial charge in [0, 0.05) is 24.7 Å². The molecule has 1 aromatic rings. The Morgan fingerprint density at radius 2 is 2.17 bits per heavy atom. The molecule has 1 aromatic carbocycles. The molecule has 2 heterocycles. The molecule has 2 aliphatic rings. The van der Waals surface area contributed by atoms with E-state index in [0.29, 0.717) is 48.5 Å². The number of amides is 1. The Balaban J connectivity index is 1.92. The number of hydrogen-bond donors (Lipinski definition) is 1. The molecule has 1 amide bonds. The molecule has 0 spiro atoms. The van der Waals surface area contributed by atoms with Crippen LogP contribution in [0.25, 0.3) is 0 Å². The molecular weight excluding hydrogens is 296 g/mol. The Morgan fingerprint density at radius 3 is 2.91 bits per heavy atom. The van der Waals surface area contributed by atoms with Gasteiger partial charge in [-0.2, -0.15) is 0 Å². The van der Waals surface area contributed by atoms with E-state index in [1.54, 1.807) is 19.2 Å². The van der Waals surface area contributed by atoms with Crippen molar-refractivity contribution >= 4 is 5.91 Å². The Kier molecular flexibility index (Phi) is 4.61. The summed E-state index contributed by atoms with van der Waals surface area (Å²) in [6, 6.07) is 3.55. The van der Waals surface area contributed by atoms with Gasteiger partial charge in [0.2, 0.25) is 5.75 Å². The van der Waals surface area contributed by atoms with E-state index in [1.165, 1.54) is 0 Å². The molecular formula is C17H24N2O4. The van der Waals surface area contributed by atoms with Gasteiger partial charge in [-0.05, 0) is 30.9 Å². The van der Waals surface area contributed by atoms with Gasteiger partial charge in [0.1, 0.15) is 13.2 Å².